The molecule has 0 radical (unpaired) electrons. The SMILES string of the molecule is CCCCCCCCC=CCCCCCCCC(=O)OC[C@@H](OC(=O)CCCCCCCCCCC)[C@H]1OC[C@H](OCC(O)CO)[C@H]1OCC(O)CO. The molecule has 312 valence electrons. The molecule has 4 N–H and O–H groups in total. The molecule has 1 heterocycles. The van der Waals surface area contributed by atoms with Crippen LogP contribution in [0.1, 0.15) is 168 Å². The van der Waals surface area contributed by atoms with Crippen molar-refractivity contribution in [2.45, 2.75) is 205 Å². The molecule has 11 nitrogen and oxygen atoms in total. The summed E-state index contributed by atoms with van der Waals surface area (Å²) < 4.78 is 29.1. The van der Waals surface area contributed by atoms with E-state index in [1.807, 2.05) is 0 Å². The van der Waals surface area contributed by atoms with Crippen LogP contribution in [0, 0.1) is 0 Å². The lowest BCUT2D eigenvalue weighted by atomic mass is 10.1. The number of esters is 2. The van der Waals surface area contributed by atoms with Crippen LogP contribution in [0.3, 0.4) is 0 Å². The highest BCUT2D eigenvalue weighted by molar-refractivity contribution is 5.70. The zero-order valence-electron chi connectivity index (χ0n) is 33.5. The Balaban J connectivity index is 2.60. The lowest BCUT2D eigenvalue weighted by Gasteiger charge is -2.29. The number of rotatable bonds is 37. The smallest absolute Gasteiger partial charge is 0.306 e. The van der Waals surface area contributed by atoms with E-state index in [1.165, 1.54) is 77.0 Å². The maximum Gasteiger partial charge on any atom is 0.306 e. The highest BCUT2D eigenvalue weighted by Gasteiger charge is 2.46. The summed E-state index contributed by atoms with van der Waals surface area (Å²) in [4.78, 5) is 25.8. The first-order valence-corrected chi connectivity index (χ1v) is 21.3. The van der Waals surface area contributed by atoms with Crippen LogP contribution in [0.25, 0.3) is 0 Å². The maximum absolute atomic E-state index is 13.0. The molecule has 1 fully saturated rings. The van der Waals surface area contributed by atoms with E-state index >= 15 is 0 Å². The van der Waals surface area contributed by atoms with E-state index in [9.17, 15) is 30.0 Å². The van der Waals surface area contributed by atoms with E-state index in [0.717, 1.165) is 51.4 Å². The summed E-state index contributed by atoms with van der Waals surface area (Å²) in [5.41, 5.74) is 0. The zero-order chi connectivity index (χ0) is 38.8. The van der Waals surface area contributed by atoms with E-state index in [0.29, 0.717) is 12.8 Å². The first-order chi connectivity index (χ1) is 25.9. The van der Waals surface area contributed by atoms with Crippen LogP contribution in [0.2, 0.25) is 0 Å². The predicted molar refractivity (Wildman–Crippen MR) is 208 cm³/mol. The molecular weight excluding hydrogens is 680 g/mol. The molecule has 53 heavy (non-hydrogen) atoms. The van der Waals surface area contributed by atoms with Crippen LogP contribution in [0.4, 0.5) is 0 Å². The number of unbranched alkanes of at least 4 members (excludes halogenated alkanes) is 19. The molecule has 1 aliphatic heterocycles. The minimum Gasteiger partial charge on any atom is -0.462 e. The van der Waals surface area contributed by atoms with Crippen LogP contribution in [-0.2, 0) is 33.3 Å². The third kappa shape index (κ3) is 26.8. The third-order valence-electron chi connectivity index (χ3n) is 9.73. The fourth-order valence-corrected chi connectivity index (χ4v) is 6.42. The Morgan fingerprint density at radius 2 is 1.08 bits per heavy atom. The van der Waals surface area contributed by atoms with Gasteiger partial charge in [-0.2, -0.15) is 0 Å². The van der Waals surface area contributed by atoms with Gasteiger partial charge in [0.25, 0.3) is 0 Å². The van der Waals surface area contributed by atoms with Crippen LogP contribution in [0.5, 0.6) is 0 Å². The molecule has 1 aliphatic rings. The summed E-state index contributed by atoms with van der Waals surface area (Å²) in [6.07, 6.45) is 24.6. The van der Waals surface area contributed by atoms with Crippen LogP contribution in [-0.4, -0.2) is 109 Å². The number of ether oxygens (including phenoxy) is 5. The lowest BCUT2D eigenvalue weighted by molar-refractivity contribution is -0.175. The van der Waals surface area contributed by atoms with Crippen LogP contribution >= 0.6 is 0 Å². The van der Waals surface area contributed by atoms with Gasteiger partial charge in [0.05, 0.1) is 33.0 Å². The molecule has 0 aromatic rings. The summed E-state index contributed by atoms with van der Waals surface area (Å²) in [7, 11) is 0. The van der Waals surface area contributed by atoms with Crippen molar-refractivity contribution < 1.29 is 53.7 Å². The van der Waals surface area contributed by atoms with Gasteiger partial charge in [0.1, 0.15) is 37.1 Å². The van der Waals surface area contributed by atoms with Gasteiger partial charge in [0.2, 0.25) is 0 Å². The minimum atomic E-state index is -1.16. The van der Waals surface area contributed by atoms with E-state index in [-0.39, 0.29) is 45.2 Å². The third-order valence-corrected chi connectivity index (χ3v) is 9.73. The van der Waals surface area contributed by atoms with Crippen molar-refractivity contribution in [3.63, 3.8) is 0 Å². The molecule has 1 saturated heterocycles. The lowest BCUT2D eigenvalue weighted by Crippen LogP contribution is -2.47. The Hall–Kier alpha value is -1.60. The van der Waals surface area contributed by atoms with E-state index in [2.05, 4.69) is 26.0 Å². The first kappa shape index (κ1) is 49.4. The van der Waals surface area contributed by atoms with E-state index < -0.39 is 55.8 Å². The molecule has 0 aromatic heterocycles. The number of aliphatic hydroxyl groups is 4. The Labute approximate surface area is 321 Å². The second-order valence-electron chi connectivity index (χ2n) is 14.8. The van der Waals surface area contributed by atoms with Crippen molar-refractivity contribution in [2.24, 2.45) is 0 Å². The van der Waals surface area contributed by atoms with Gasteiger partial charge >= 0.3 is 11.9 Å². The van der Waals surface area contributed by atoms with Gasteiger partial charge in [-0.3, -0.25) is 9.59 Å². The van der Waals surface area contributed by atoms with Gasteiger partial charge in [0, 0.05) is 12.8 Å². The number of hydrogen-bond acceptors (Lipinski definition) is 11. The van der Waals surface area contributed by atoms with Gasteiger partial charge < -0.3 is 44.1 Å². The van der Waals surface area contributed by atoms with Gasteiger partial charge in [-0.1, -0.05) is 129 Å². The molecule has 0 amide bonds. The Bertz CT molecular complexity index is 885. The standard InChI is InChI=1S/C42H78O11/c1-3-5-7-9-11-13-14-15-16-17-18-20-21-23-25-27-39(47)50-34-38(53-40(48)28-26-24-22-19-12-10-8-6-4-2)42-41(51-32-36(46)30-44)37(33-52-42)49-31-35(45)29-43/h15-16,35-38,41-46H,3-14,17-34H2,1-2H3/t35?,36?,37-,38+,41+,42+/m0/s1. The molecule has 0 saturated carbocycles. The van der Waals surface area contributed by atoms with E-state index in [1.54, 1.807) is 0 Å². The topological polar surface area (TPSA) is 161 Å². The van der Waals surface area contributed by atoms with Crippen LogP contribution in [0.15, 0.2) is 12.2 Å². The summed E-state index contributed by atoms with van der Waals surface area (Å²) in [5, 5.41) is 38.4. The summed E-state index contributed by atoms with van der Waals surface area (Å²) in [6, 6.07) is 0. The molecule has 0 aliphatic carbocycles. The summed E-state index contributed by atoms with van der Waals surface area (Å²) in [6.45, 7) is 2.82. The van der Waals surface area contributed by atoms with Crippen molar-refractivity contribution in [2.75, 3.05) is 39.6 Å². The van der Waals surface area contributed by atoms with Crippen molar-refractivity contribution in [1.82, 2.24) is 0 Å². The summed E-state index contributed by atoms with van der Waals surface area (Å²) in [5.74, 6) is -0.809. The number of hydrogen-bond donors (Lipinski definition) is 4. The van der Waals surface area contributed by atoms with Gasteiger partial charge in [-0.25, -0.2) is 0 Å². The number of allylic oxidation sites excluding steroid dienone is 2. The number of carbonyl (C=O) groups excluding carboxylic acids is 2. The summed E-state index contributed by atoms with van der Waals surface area (Å²) >= 11 is 0. The fraction of sp³-hybridized carbons (Fsp3) is 0.905. The molecule has 2 unspecified atom stereocenters. The Morgan fingerprint density at radius 3 is 1.58 bits per heavy atom. The van der Waals surface area contributed by atoms with Crippen molar-refractivity contribution in [3.8, 4) is 0 Å². The molecule has 6 atom stereocenters. The van der Waals surface area contributed by atoms with Gasteiger partial charge in [-0.15, -0.1) is 0 Å². The molecule has 1 rings (SSSR count). The second kappa shape index (κ2) is 34.9. The Morgan fingerprint density at radius 1 is 0.623 bits per heavy atom. The molecule has 0 spiro atoms. The quantitative estimate of drug-likeness (QED) is 0.0286. The molecular formula is C42H78O11. The fourth-order valence-electron chi connectivity index (χ4n) is 6.42. The number of aliphatic hydroxyl groups excluding tert-OH is 4. The van der Waals surface area contributed by atoms with Crippen molar-refractivity contribution in [1.29, 1.82) is 0 Å². The predicted octanol–water partition coefficient (Wildman–Crippen LogP) is 7.28. The average Bonchev–Trinajstić information content (AvgIpc) is 3.57. The normalized spacial score (nSPS) is 19.1. The van der Waals surface area contributed by atoms with Gasteiger partial charge in [-0.05, 0) is 38.5 Å². The second-order valence-corrected chi connectivity index (χ2v) is 14.8. The highest BCUT2D eigenvalue weighted by Crippen LogP contribution is 2.27. The molecule has 11 heteroatoms. The maximum atomic E-state index is 13.0. The minimum absolute atomic E-state index is 0.0257. The first-order valence-electron chi connectivity index (χ1n) is 21.3. The largest absolute Gasteiger partial charge is 0.462 e. The average molecular weight is 759 g/mol. The number of carbonyl (C=O) groups is 2. The Kier molecular flexibility index (Phi) is 32.5. The monoisotopic (exact) mass is 759 g/mol. The highest BCUT2D eigenvalue weighted by atomic mass is 16.6. The van der Waals surface area contributed by atoms with Crippen molar-refractivity contribution >= 4 is 11.9 Å². The zero-order valence-corrected chi connectivity index (χ0v) is 33.5. The van der Waals surface area contributed by atoms with E-state index in [4.69, 9.17) is 23.7 Å². The molecule has 0 aromatic carbocycles. The van der Waals surface area contributed by atoms with Crippen LogP contribution < -0.4 is 0 Å². The molecule has 0 bridgehead atoms. The van der Waals surface area contributed by atoms with Gasteiger partial charge in [0.15, 0.2) is 6.10 Å². The van der Waals surface area contributed by atoms with Crippen molar-refractivity contribution in [3.05, 3.63) is 12.2 Å².